The van der Waals surface area contributed by atoms with Crippen molar-refractivity contribution in [2.45, 2.75) is 20.8 Å². The standard InChI is InChI=1S/C31H27N7O2/c1-19-13-24(16-25(14-19)38-17-21(3)33-18-38)34-30(39)23-6-5-20(2)27(15-23)40-31-28-26(9-12-37(28)4)35-29(36-31)22-7-10-32-11-8-22/h5-18H,1-4H3,(H,34,39). The summed E-state index contributed by atoms with van der Waals surface area (Å²) < 4.78 is 10.2. The molecule has 0 fully saturated rings. The Morgan fingerprint density at radius 1 is 0.950 bits per heavy atom. The Morgan fingerprint density at radius 2 is 1.77 bits per heavy atom. The van der Waals surface area contributed by atoms with Crippen LogP contribution < -0.4 is 10.1 Å². The minimum atomic E-state index is -0.243. The molecule has 2 aromatic carbocycles. The largest absolute Gasteiger partial charge is 0.437 e. The number of ether oxygens (including phenoxy) is 1. The van der Waals surface area contributed by atoms with Gasteiger partial charge in [0, 0.05) is 54.3 Å². The second kappa shape index (κ2) is 10.1. The van der Waals surface area contributed by atoms with E-state index in [2.05, 4.69) is 15.3 Å². The van der Waals surface area contributed by atoms with Crippen LogP contribution in [0.1, 0.15) is 27.2 Å². The zero-order valence-corrected chi connectivity index (χ0v) is 22.6. The number of rotatable bonds is 6. The fraction of sp³-hybridized carbons (Fsp3) is 0.129. The number of benzene rings is 2. The van der Waals surface area contributed by atoms with E-state index in [9.17, 15) is 4.79 Å². The average molecular weight is 530 g/mol. The molecule has 40 heavy (non-hydrogen) atoms. The Morgan fingerprint density at radius 3 is 2.55 bits per heavy atom. The van der Waals surface area contributed by atoms with Crippen LogP contribution >= 0.6 is 0 Å². The van der Waals surface area contributed by atoms with Crippen molar-refractivity contribution in [1.82, 2.24) is 29.1 Å². The molecule has 0 saturated carbocycles. The maximum Gasteiger partial charge on any atom is 0.255 e. The molecule has 6 aromatic rings. The SMILES string of the molecule is Cc1cc(NC(=O)c2ccc(C)c(Oc3nc(-c4ccncc4)nc4ccn(C)c34)c2)cc(-n2cnc(C)c2)c1. The summed E-state index contributed by atoms with van der Waals surface area (Å²) in [5.74, 6) is 1.23. The molecular formula is C31H27N7O2. The third kappa shape index (κ3) is 4.92. The number of amides is 1. The van der Waals surface area contributed by atoms with Crippen molar-refractivity contribution in [3.8, 4) is 28.7 Å². The van der Waals surface area contributed by atoms with E-state index in [4.69, 9.17) is 14.7 Å². The van der Waals surface area contributed by atoms with Gasteiger partial charge in [-0.2, -0.15) is 4.98 Å². The van der Waals surface area contributed by atoms with Gasteiger partial charge in [-0.05, 0) is 80.4 Å². The minimum absolute atomic E-state index is 0.243. The third-order valence-corrected chi connectivity index (χ3v) is 6.61. The van der Waals surface area contributed by atoms with Crippen molar-refractivity contribution in [2.24, 2.45) is 7.05 Å². The smallest absolute Gasteiger partial charge is 0.255 e. The van der Waals surface area contributed by atoms with E-state index in [0.29, 0.717) is 28.7 Å². The number of aryl methyl sites for hydroxylation is 4. The van der Waals surface area contributed by atoms with Crippen LogP contribution in [0.15, 0.2) is 85.7 Å². The molecule has 0 aliphatic carbocycles. The van der Waals surface area contributed by atoms with Crippen LogP contribution in [0, 0.1) is 20.8 Å². The summed E-state index contributed by atoms with van der Waals surface area (Å²) >= 11 is 0. The van der Waals surface area contributed by atoms with Crippen molar-refractivity contribution >= 4 is 22.6 Å². The topological polar surface area (TPSA) is 99.8 Å². The number of imidazole rings is 1. The number of hydrogen-bond donors (Lipinski definition) is 1. The van der Waals surface area contributed by atoms with Crippen molar-refractivity contribution in [3.63, 3.8) is 0 Å². The molecule has 0 bridgehead atoms. The molecule has 1 N–H and O–H groups in total. The Labute approximate surface area is 231 Å². The van der Waals surface area contributed by atoms with Gasteiger partial charge in [0.2, 0.25) is 5.88 Å². The maximum absolute atomic E-state index is 13.3. The van der Waals surface area contributed by atoms with E-state index < -0.39 is 0 Å². The Bertz CT molecular complexity index is 1870. The number of carbonyl (C=O) groups is 1. The van der Waals surface area contributed by atoms with Crippen LogP contribution in [0.5, 0.6) is 11.6 Å². The number of nitrogens with zero attached hydrogens (tertiary/aromatic N) is 6. The molecule has 0 atom stereocenters. The summed E-state index contributed by atoms with van der Waals surface area (Å²) in [5, 5.41) is 3.03. The fourth-order valence-electron chi connectivity index (χ4n) is 4.56. The van der Waals surface area contributed by atoms with Crippen LogP contribution in [0.4, 0.5) is 5.69 Å². The molecule has 1 amide bonds. The molecular weight excluding hydrogens is 502 g/mol. The number of anilines is 1. The molecule has 4 aromatic heterocycles. The van der Waals surface area contributed by atoms with Gasteiger partial charge < -0.3 is 19.2 Å². The van der Waals surface area contributed by atoms with Crippen LogP contribution in [-0.2, 0) is 7.05 Å². The summed E-state index contributed by atoms with van der Waals surface area (Å²) in [6.45, 7) is 5.87. The first-order valence-corrected chi connectivity index (χ1v) is 12.8. The van der Waals surface area contributed by atoms with E-state index in [0.717, 1.165) is 39.1 Å². The van der Waals surface area contributed by atoms with Crippen molar-refractivity contribution in [3.05, 3.63) is 108 Å². The molecule has 6 rings (SSSR count). The van der Waals surface area contributed by atoms with Crippen LogP contribution in [0.3, 0.4) is 0 Å². The van der Waals surface area contributed by atoms with Gasteiger partial charge in [0.1, 0.15) is 11.3 Å². The highest BCUT2D eigenvalue weighted by atomic mass is 16.5. The van der Waals surface area contributed by atoms with Crippen molar-refractivity contribution < 1.29 is 9.53 Å². The third-order valence-electron chi connectivity index (χ3n) is 6.61. The number of fused-ring (bicyclic) bond motifs is 1. The zero-order chi connectivity index (χ0) is 27.8. The van der Waals surface area contributed by atoms with Gasteiger partial charge >= 0.3 is 0 Å². The second-order valence-corrected chi connectivity index (χ2v) is 9.76. The van der Waals surface area contributed by atoms with Gasteiger partial charge in [-0.25, -0.2) is 9.97 Å². The number of nitrogens with one attached hydrogen (secondary N) is 1. The number of hydrogen-bond acceptors (Lipinski definition) is 6. The summed E-state index contributed by atoms with van der Waals surface area (Å²) in [7, 11) is 1.92. The lowest BCUT2D eigenvalue weighted by Gasteiger charge is -2.13. The molecule has 198 valence electrons. The highest BCUT2D eigenvalue weighted by molar-refractivity contribution is 6.04. The molecule has 0 unspecified atom stereocenters. The van der Waals surface area contributed by atoms with Crippen LogP contribution in [-0.4, -0.2) is 35.0 Å². The second-order valence-electron chi connectivity index (χ2n) is 9.76. The summed E-state index contributed by atoms with van der Waals surface area (Å²) in [4.78, 5) is 31.2. The normalized spacial score (nSPS) is 11.1. The van der Waals surface area contributed by atoms with Crippen molar-refractivity contribution in [1.29, 1.82) is 0 Å². The quantitative estimate of drug-likeness (QED) is 0.276. The first kappa shape index (κ1) is 25.0. The van der Waals surface area contributed by atoms with Crippen molar-refractivity contribution in [2.75, 3.05) is 5.32 Å². The summed E-state index contributed by atoms with van der Waals surface area (Å²) in [6, 6.07) is 16.9. The number of carbonyl (C=O) groups excluding carboxylic acids is 1. The van der Waals surface area contributed by atoms with Gasteiger partial charge in [-0.3, -0.25) is 9.78 Å². The predicted molar refractivity (Wildman–Crippen MR) is 154 cm³/mol. The molecule has 0 spiro atoms. The molecule has 0 aliphatic rings. The Kier molecular flexibility index (Phi) is 6.31. The van der Waals surface area contributed by atoms with Gasteiger partial charge in [-0.15, -0.1) is 0 Å². The monoisotopic (exact) mass is 529 g/mol. The lowest BCUT2D eigenvalue weighted by atomic mass is 10.1. The summed E-state index contributed by atoms with van der Waals surface area (Å²) in [6.07, 6.45) is 9.03. The lowest BCUT2D eigenvalue weighted by molar-refractivity contribution is 0.102. The van der Waals surface area contributed by atoms with Gasteiger partial charge in [-0.1, -0.05) is 6.07 Å². The van der Waals surface area contributed by atoms with Crippen LogP contribution in [0.2, 0.25) is 0 Å². The van der Waals surface area contributed by atoms with E-state index in [1.165, 1.54) is 0 Å². The van der Waals surface area contributed by atoms with Crippen LogP contribution in [0.25, 0.3) is 28.1 Å². The molecule has 9 heteroatoms. The van der Waals surface area contributed by atoms with Gasteiger partial charge in [0.25, 0.3) is 5.91 Å². The Balaban J connectivity index is 1.31. The van der Waals surface area contributed by atoms with E-state index >= 15 is 0 Å². The molecule has 0 saturated heterocycles. The summed E-state index contributed by atoms with van der Waals surface area (Å²) in [5.41, 5.74) is 7.24. The maximum atomic E-state index is 13.3. The minimum Gasteiger partial charge on any atom is -0.437 e. The zero-order valence-electron chi connectivity index (χ0n) is 22.6. The highest BCUT2D eigenvalue weighted by Gasteiger charge is 2.17. The van der Waals surface area contributed by atoms with E-state index in [1.54, 1.807) is 30.9 Å². The van der Waals surface area contributed by atoms with Gasteiger partial charge in [0.15, 0.2) is 5.82 Å². The fourth-order valence-corrected chi connectivity index (χ4v) is 4.56. The number of aromatic nitrogens is 6. The Hall–Kier alpha value is -5.31. The van der Waals surface area contributed by atoms with E-state index in [1.807, 2.05) is 91.8 Å². The van der Waals surface area contributed by atoms with Gasteiger partial charge in [0.05, 0.1) is 17.5 Å². The first-order chi connectivity index (χ1) is 19.3. The molecule has 9 nitrogen and oxygen atoms in total. The lowest BCUT2D eigenvalue weighted by Crippen LogP contribution is -2.12. The average Bonchev–Trinajstić information content (AvgIpc) is 3.55. The number of pyridine rings is 1. The highest BCUT2D eigenvalue weighted by Crippen LogP contribution is 2.32. The molecule has 0 aliphatic heterocycles. The first-order valence-electron chi connectivity index (χ1n) is 12.8. The predicted octanol–water partition coefficient (Wildman–Crippen LogP) is 6.19. The molecule has 0 radical (unpaired) electrons. The molecule has 4 heterocycles. The van der Waals surface area contributed by atoms with E-state index in [-0.39, 0.29) is 5.91 Å².